The minimum atomic E-state index is -0.412. The Morgan fingerprint density at radius 1 is 1.48 bits per heavy atom. The topological polar surface area (TPSA) is 61.8 Å². The van der Waals surface area contributed by atoms with Gasteiger partial charge in [0, 0.05) is 29.7 Å². The van der Waals surface area contributed by atoms with Crippen molar-refractivity contribution in [3.05, 3.63) is 28.7 Å². The summed E-state index contributed by atoms with van der Waals surface area (Å²) >= 11 is 4.75. The molecule has 0 aromatic heterocycles. The summed E-state index contributed by atoms with van der Waals surface area (Å²) in [7, 11) is 0. The maximum atomic E-state index is 12.3. The van der Waals surface area contributed by atoms with Crippen LogP contribution < -0.4 is 5.32 Å². The lowest BCUT2D eigenvalue weighted by Crippen LogP contribution is -2.47. The largest absolute Gasteiger partial charge is 0.325 e. The van der Waals surface area contributed by atoms with Gasteiger partial charge in [-0.15, -0.1) is 0 Å². The molecule has 5 nitrogen and oxygen atoms in total. The zero-order valence-corrected chi connectivity index (χ0v) is 13.6. The summed E-state index contributed by atoms with van der Waals surface area (Å²) in [6.07, 6.45) is 1.12. The Hall–Kier alpha value is -1.34. The predicted molar refractivity (Wildman–Crippen MR) is 87.4 cm³/mol. The molecule has 1 aromatic carbocycles. The van der Waals surface area contributed by atoms with Crippen molar-refractivity contribution in [2.24, 2.45) is 4.99 Å². The SMILES string of the molecule is O=C(Nc1cccc(Br)c1)[C@H]1CC(=O)N2CCCN=C2S1. The highest BCUT2D eigenvalue weighted by atomic mass is 79.9. The zero-order valence-electron chi connectivity index (χ0n) is 11.2. The van der Waals surface area contributed by atoms with Crippen LogP contribution in [0.25, 0.3) is 0 Å². The molecule has 2 aliphatic heterocycles. The Balaban J connectivity index is 1.70. The lowest BCUT2D eigenvalue weighted by molar-refractivity contribution is -0.129. The number of nitrogens with zero attached hydrogens (tertiary/aromatic N) is 2. The second-order valence-electron chi connectivity index (χ2n) is 4.87. The molecule has 0 bridgehead atoms. The number of rotatable bonds is 2. The molecule has 3 rings (SSSR count). The van der Waals surface area contributed by atoms with Crippen molar-refractivity contribution >= 4 is 50.4 Å². The van der Waals surface area contributed by atoms with Crippen molar-refractivity contribution in [3.63, 3.8) is 0 Å². The van der Waals surface area contributed by atoms with Gasteiger partial charge in [-0.05, 0) is 24.6 Å². The first-order valence-electron chi connectivity index (χ1n) is 6.71. The van der Waals surface area contributed by atoms with E-state index in [1.54, 1.807) is 4.90 Å². The van der Waals surface area contributed by atoms with Crippen molar-refractivity contribution in [2.75, 3.05) is 18.4 Å². The number of anilines is 1. The van der Waals surface area contributed by atoms with Crippen LogP contribution in [0.5, 0.6) is 0 Å². The fraction of sp³-hybridized carbons (Fsp3) is 0.357. The van der Waals surface area contributed by atoms with E-state index in [1.165, 1.54) is 11.8 Å². The molecular weight excluding hydrogens is 354 g/mol. The molecule has 1 saturated heterocycles. The molecule has 1 fully saturated rings. The number of amidine groups is 1. The maximum Gasteiger partial charge on any atom is 0.238 e. The van der Waals surface area contributed by atoms with Gasteiger partial charge in [-0.25, -0.2) is 0 Å². The summed E-state index contributed by atoms with van der Waals surface area (Å²) in [5.41, 5.74) is 0.718. The molecule has 1 atom stereocenters. The van der Waals surface area contributed by atoms with Crippen molar-refractivity contribution in [1.82, 2.24) is 4.90 Å². The Morgan fingerprint density at radius 2 is 2.33 bits per heavy atom. The third-order valence-electron chi connectivity index (χ3n) is 3.31. The summed E-state index contributed by atoms with van der Waals surface area (Å²) in [6.45, 7) is 1.44. The maximum absolute atomic E-state index is 12.3. The Morgan fingerprint density at radius 3 is 3.14 bits per heavy atom. The van der Waals surface area contributed by atoms with Gasteiger partial charge in [0.15, 0.2) is 5.17 Å². The third kappa shape index (κ3) is 3.29. The molecule has 2 aliphatic rings. The average molecular weight is 368 g/mol. The summed E-state index contributed by atoms with van der Waals surface area (Å²) in [6, 6.07) is 7.40. The molecule has 2 amide bonds. The fourth-order valence-electron chi connectivity index (χ4n) is 2.29. The van der Waals surface area contributed by atoms with Gasteiger partial charge in [-0.3, -0.25) is 19.5 Å². The van der Waals surface area contributed by atoms with Crippen LogP contribution in [0.2, 0.25) is 0 Å². The van der Waals surface area contributed by atoms with E-state index in [0.29, 0.717) is 11.7 Å². The molecular formula is C14H14BrN3O2S. The molecule has 1 N–H and O–H groups in total. The van der Waals surface area contributed by atoms with Gasteiger partial charge in [0.2, 0.25) is 11.8 Å². The normalized spacial score (nSPS) is 21.6. The third-order valence-corrected chi connectivity index (χ3v) is 5.03. The Bertz CT molecular complexity index is 620. The lowest BCUT2D eigenvalue weighted by atomic mass is 10.2. The number of hydrogen-bond acceptors (Lipinski definition) is 4. The van der Waals surface area contributed by atoms with Gasteiger partial charge in [0.1, 0.15) is 5.25 Å². The standard InChI is InChI=1S/C14H14BrN3O2S/c15-9-3-1-4-10(7-9)17-13(20)11-8-12(19)18-6-2-5-16-14(18)21-11/h1,3-4,7,11H,2,5-6,8H2,(H,17,20)/t11-/m1/s1. The van der Waals surface area contributed by atoms with Gasteiger partial charge in [0.05, 0.1) is 0 Å². The van der Waals surface area contributed by atoms with E-state index in [4.69, 9.17) is 0 Å². The molecule has 0 spiro atoms. The molecule has 110 valence electrons. The Labute approximate surface area is 135 Å². The molecule has 0 saturated carbocycles. The van der Waals surface area contributed by atoms with Crippen molar-refractivity contribution in [3.8, 4) is 0 Å². The minimum absolute atomic E-state index is 0.0124. The summed E-state index contributed by atoms with van der Waals surface area (Å²) in [4.78, 5) is 30.5. The van der Waals surface area contributed by atoms with Gasteiger partial charge >= 0.3 is 0 Å². The second kappa shape index (κ2) is 6.19. The number of nitrogens with one attached hydrogen (secondary N) is 1. The van der Waals surface area contributed by atoms with E-state index in [9.17, 15) is 9.59 Å². The van der Waals surface area contributed by atoms with E-state index >= 15 is 0 Å². The number of aliphatic imine (C=N–C) groups is 1. The van der Waals surface area contributed by atoms with Crippen LogP contribution in [-0.2, 0) is 9.59 Å². The highest BCUT2D eigenvalue weighted by molar-refractivity contribution is 9.10. The van der Waals surface area contributed by atoms with Gasteiger partial charge in [-0.2, -0.15) is 0 Å². The van der Waals surface area contributed by atoms with Crippen LogP contribution in [-0.4, -0.2) is 40.2 Å². The Kier molecular flexibility index (Phi) is 4.30. The number of fused-ring (bicyclic) bond motifs is 1. The van der Waals surface area contributed by atoms with Gasteiger partial charge in [-0.1, -0.05) is 33.8 Å². The predicted octanol–water partition coefficient (Wildman–Crippen LogP) is 2.48. The van der Waals surface area contributed by atoms with E-state index in [-0.39, 0.29) is 18.2 Å². The molecule has 0 aliphatic carbocycles. The molecule has 0 unspecified atom stereocenters. The van der Waals surface area contributed by atoms with Crippen molar-refractivity contribution in [1.29, 1.82) is 0 Å². The molecule has 0 radical (unpaired) electrons. The van der Waals surface area contributed by atoms with Gasteiger partial charge in [0.25, 0.3) is 0 Å². The smallest absolute Gasteiger partial charge is 0.238 e. The fourth-order valence-corrected chi connectivity index (χ4v) is 3.82. The first-order chi connectivity index (χ1) is 10.1. The lowest BCUT2D eigenvalue weighted by Gasteiger charge is -2.33. The first-order valence-corrected chi connectivity index (χ1v) is 8.38. The highest BCUT2D eigenvalue weighted by Crippen LogP contribution is 2.29. The van der Waals surface area contributed by atoms with E-state index in [1.807, 2.05) is 24.3 Å². The van der Waals surface area contributed by atoms with Crippen LogP contribution in [0.15, 0.2) is 33.7 Å². The number of carbonyl (C=O) groups is 2. The zero-order chi connectivity index (χ0) is 14.8. The summed E-state index contributed by atoms with van der Waals surface area (Å²) in [5, 5.41) is 3.13. The quantitative estimate of drug-likeness (QED) is 0.873. The van der Waals surface area contributed by atoms with Crippen molar-refractivity contribution < 1.29 is 9.59 Å². The molecule has 2 heterocycles. The van der Waals surface area contributed by atoms with Crippen LogP contribution in [0.3, 0.4) is 0 Å². The van der Waals surface area contributed by atoms with Crippen LogP contribution >= 0.6 is 27.7 Å². The second-order valence-corrected chi connectivity index (χ2v) is 6.96. The average Bonchev–Trinajstić information content (AvgIpc) is 2.47. The van der Waals surface area contributed by atoms with E-state index in [0.717, 1.165) is 23.1 Å². The van der Waals surface area contributed by atoms with Crippen LogP contribution in [0.4, 0.5) is 5.69 Å². The minimum Gasteiger partial charge on any atom is -0.325 e. The number of amides is 2. The van der Waals surface area contributed by atoms with E-state index in [2.05, 4.69) is 26.2 Å². The molecule has 7 heteroatoms. The molecule has 21 heavy (non-hydrogen) atoms. The van der Waals surface area contributed by atoms with Crippen LogP contribution in [0.1, 0.15) is 12.8 Å². The summed E-state index contributed by atoms with van der Waals surface area (Å²) < 4.78 is 0.899. The number of halogens is 1. The van der Waals surface area contributed by atoms with Crippen molar-refractivity contribution in [2.45, 2.75) is 18.1 Å². The van der Waals surface area contributed by atoms with E-state index < -0.39 is 5.25 Å². The van der Waals surface area contributed by atoms with Gasteiger partial charge < -0.3 is 5.32 Å². The number of thioether (sulfide) groups is 1. The van der Waals surface area contributed by atoms with Crippen LogP contribution in [0, 0.1) is 0 Å². The monoisotopic (exact) mass is 367 g/mol. The number of carbonyl (C=O) groups excluding carboxylic acids is 2. The highest BCUT2D eigenvalue weighted by Gasteiger charge is 2.36. The first kappa shape index (κ1) is 14.6. The number of hydrogen-bond donors (Lipinski definition) is 1. The number of benzene rings is 1. The molecule has 1 aromatic rings. The summed E-state index contributed by atoms with van der Waals surface area (Å²) in [5.74, 6) is -0.166.